The van der Waals surface area contributed by atoms with Crippen molar-refractivity contribution >= 4 is 27.5 Å². The standard InChI is InChI=1S/C31H39N3O6S/c1-23(2)19-32-31(36)24(3)33(20-25-11-15-28(39-4)16-12-25)30(35)21-34(41(5,37)38)27-13-17-29(18-14-27)40-22-26-9-7-6-8-10-26/h6-18,23-24H,19-22H2,1-5H3,(H,32,36). The lowest BCUT2D eigenvalue weighted by Crippen LogP contribution is -2.51. The smallest absolute Gasteiger partial charge is 0.244 e. The topological polar surface area (TPSA) is 105 Å². The average molecular weight is 582 g/mol. The molecule has 0 saturated heterocycles. The van der Waals surface area contributed by atoms with E-state index in [1.165, 1.54) is 4.90 Å². The first kappa shape index (κ1) is 31.5. The van der Waals surface area contributed by atoms with Crippen molar-refractivity contribution in [3.8, 4) is 11.5 Å². The highest BCUT2D eigenvalue weighted by molar-refractivity contribution is 7.92. The Bertz CT molecular complexity index is 1380. The molecular formula is C31H39N3O6S. The third-order valence-electron chi connectivity index (χ3n) is 6.42. The maximum Gasteiger partial charge on any atom is 0.244 e. The molecule has 0 bridgehead atoms. The van der Waals surface area contributed by atoms with Gasteiger partial charge in [0.05, 0.1) is 19.1 Å². The molecule has 3 rings (SSSR count). The number of sulfonamides is 1. The first-order valence-electron chi connectivity index (χ1n) is 13.4. The average Bonchev–Trinajstić information content (AvgIpc) is 2.96. The number of ether oxygens (including phenoxy) is 2. The lowest BCUT2D eigenvalue weighted by Gasteiger charge is -2.31. The van der Waals surface area contributed by atoms with Crippen molar-refractivity contribution in [2.45, 2.75) is 40.0 Å². The zero-order valence-corrected chi connectivity index (χ0v) is 25.1. The molecule has 41 heavy (non-hydrogen) atoms. The number of carbonyl (C=O) groups is 2. The van der Waals surface area contributed by atoms with E-state index in [9.17, 15) is 18.0 Å². The molecule has 1 unspecified atom stereocenters. The summed E-state index contributed by atoms with van der Waals surface area (Å²) in [5.74, 6) is 0.634. The monoisotopic (exact) mass is 581 g/mol. The molecule has 1 N–H and O–H groups in total. The summed E-state index contributed by atoms with van der Waals surface area (Å²) in [6.45, 7) is 6.07. The molecule has 0 aliphatic carbocycles. The molecule has 220 valence electrons. The van der Waals surface area contributed by atoms with Gasteiger partial charge in [0.25, 0.3) is 0 Å². The van der Waals surface area contributed by atoms with Gasteiger partial charge in [-0.3, -0.25) is 13.9 Å². The number of nitrogens with zero attached hydrogens (tertiary/aromatic N) is 2. The summed E-state index contributed by atoms with van der Waals surface area (Å²) in [7, 11) is -2.27. The predicted octanol–water partition coefficient (Wildman–Crippen LogP) is 4.23. The Balaban J connectivity index is 1.81. The van der Waals surface area contributed by atoms with E-state index >= 15 is 0 Å². The van der Waals surface area contributed by atoms with Crippen LogP contribution in [0.15, 0.2) is 78.9 Å². The minimum atomic E-state index is -3.84. The number of anilines is 1. The summed E-state index contributed by atoms with van der Waals surface area (Å²) in [5.41, 5.74) is 2.09. The maximum absolute atomic E-state index is 13.7. The van der Waals surface area contributed by atoms with Gasteiger partial charge in [-0.25, -0.2) is 8.42 Å². The summed E-state index contributed by atoms with van der Waals surface area (Å²) in [5, 5.41) is 2.87. The Labute approximate surface area is 243 Å². The minimum Gasteiger partial charge on any atom is -0.497 e. The summed E-state index contributed by atoms with van der Waals surface area (Å²) in [6, 6.07) is 22.5. The van der Waals surface area contributed by atoms with Gasteiger partial charge >= 0.3 is 0 Å². The van der Waals surface area contributed by atoms with Crippen LogP contribution in [0.25, 0.3) is 0 Å². The second kappa shape index (κ2) is 14.5. The number of hydrogen-bond donors (Lipinski definition) is 1. The molecule has 0 spiro atoms. The van der Waals surface area contributed by atoms with Crippen LogP contribution < -0.4 is 19.1 Å². The van der Waals surface area contributed by atoms with Crippen LogP contribution in [0.3, 0.4) is 0 Å². The Kier molecular flexibility index (Phi) is 11.2. The highest BCUT2D eigenvalue weighted by atomic mass is 32.2. The number of methoxy groups -OCH3 is 1. The fourth-order valence-corrected chi connectivity index (χ4v) is 4.88. The molecule has 0 aromatic heterocycles. The largest absolute Gasteiger partial charge is 0.497 e. The molecule has 0 aliphatic heterocycles. The summed E-state index contributed by atoms with van der Waals surface area (Å²) in [4.78, 5) is 28.1. The summed E-state index contributed by atoms with van der Waals surface area (Å²) in [6.07, 6.45) is 1.05. The van der Waals surface area contributed by atoms with Gasteiger partial charge in [-0.2, -0.15) is 0 Å². The molecule has 1 atom stereocenters. The molecule has 2 amide bonds. The number of benzene rings is 3. The van der Waals surface area contributed by atoms with Gasteiger partial charge in [0.15, 0.2) is 0 Å². The lowest BCUT2D eigenvalue weighted by atomic mass is 10.1. The third kappa shape index (κ3) is 9.53. The van der Waals surface area contributed by atoms with Gasteiger partial charge in [-0.05, 0) is 60.4 Å². The van der Waals surface area contributed by atoms with Crippen LogP contribution >= 0.6 is 0 Å². The molecule has 0 heterocycles. The van der Waals surface area contributed by atoms with E-state index in [-0.39, 0.29) is 18.4 Å². The van der Waals surface area contributed by atoms with E-state index in [0.717, 1.165) is 21.7 Å². The van der Waals surface area contributed by atoms with Crippen LogP contribution in [0.2, 0.25) is 0 Å². The van der Waals surface area contributed by atoms with Crippen molar-refractivity contribution in [2.75, 3.05) is 30.8 Å². The first-order valence-corrected chi connectivity index (χ1v) is 15.3. The predicted molar refractivity (Wildman–Crippen MR) is 160 cm³/mol. The maximum atomic E-state index is 13.7. The Morgan fingerprint density at radius 2 is 1.46 bits per heavy atom. The lowest BCUT2D eigenvalue weighted by molar-refractivity contribution is -0.139. The van der Waals surface area contributed by atoms with Crippen LogP contribution in [0.4, 0.5) is 5.69 Å². The number of hydrogen-bond acceptors (Lipinski definition) is 6. The number of nitrogens with one attached hydrogen (secondary N) is 1. The quantitative estimate of drug-likeness (QED) is 0.306. The summed E-state index contributed by atoms with van der Waals surface area (Å²) >= 11 is 0. The molecule has 0 saturated carbocycles. The zero-order chi connectivity index (χ0) is 30.0. The molecule has 3 aromatic carbocycles. The molecule has 0 fully saturated rings. The highest BCUT2D eigenvalue weighted by Gasteiger charge is 2.30. The molecular weight excluding hydrogens is 542 g/mol. The SMILES string of the molecule is COc1ccc(CN(C(=O)CN(c2ccc(OCc3ccccc3)cc2)S(C)(=O)=O)C(C)C(=O)NCC(C)C)cc1. The van der Waals surface area contributed by atoms with E-state index < -0.39 is 28.5 Å². The Morgan fingerprint density at radius 1 is 0.854 bits per heavy atom. The van der Waals surface area contributed by atoms with Gasteiger partial charge < -0.3 is 19.7 Å². The van der Waals surface area contributed by atoms with Gasteiger partial charge in [-0.15, -0.1) is 0 Å². The van der Waals surface area contributed by atoms with Crippen LogP contribution in [-0.4, -0.2) is 57.6 Å². The van der Waals surface area contributed by atoms with E-state index in [1.807, 2.05) is 44.2 Å². The van der Waals surface area contributed by atoms with Crippen LogP contribution in [0.5, 0.6) is 11.5 Å². The first-order chi connectivity index (χ1) is 19.5. The van der Waals surface area contributed by atoms with E-state index in [2.05, 4.69) is 5.32 Å². The fraction of sp³-hybridized carbons (Fsp3) is 0.355. The van der Waals surface area contributed by atoms with Crippen molar-refractivity contribution in [1.29, 1.82) is 0 Å². The minimum absolute atomic E-state index is 0.114. The molecule has 0 radical (unpaired) electrons. The van der Waals surface area contributed by atoms with Crippen LogP contribution in [-0.2, 0) is 32.8 Å². The van der Waals surface area contributed by atoms with E-state index in [4.69, 9.17) is 9.47 Å². The molecule has 3 aromatic rings. The third-order valence-corrected chi connectivity index (χ3v) is 7.56. The van der Waals surface area contributed by atoms with E-state index in [1.54, 1.807) is 62.6 Å². The van der Waals surface area contributed by atoms with Gasteiger partial charge in [0.1, 0.15) is 30.7 Å². The van der Waals surface area contributed by atoms with E-state index in [0.29, 0.717) is 30.3 Å². The zero-order valence-electron chi connectivity index (χ0n) is 24.2. The fourth-order valence-electron chi connectivity index (χ4n) is 4.03. The second-order valence-electron chi connectivity index (χ2n) is 10.2. The normalized spacial score (nSPS) is 12.0. The second-order valence-corrected chi connectivity index (χ2v) is 12.1. The van der Waals surface area contributed by atoms with Crippen LogP contribution in [0.1, 0.15) is 31.9 Å². The van der Waals surface area contributed by atoms with Crippen molar-refractivity contribution in [1.82, 2.24) is 10.2 Å². The van der Waals surface area contributed by atoms with Crippen LogP contribution in [0, 0.1) is 5.92 Å². The molecule has 9 nitrogen and oxygen atoms in total. The molecule has 0 aliphatic rings. The number of rotatable bonds is 14. The number of amides is 2. The number of carbonyl (C=O) groups excluding carboxylic acids is 2. The van der Waals surface area contributed by atoms with Crippen molar-refractivity contribution < 1.29 is 27.5 Å². The van der Waals surface area contributed by atoms with Crippen molar-refractivity contribution in [3.05, 3.63) is 90.0 Å². The van der Waals surface area contributed by atoms with Gasteiger partial charge in [0.2, 0.25) is 21.8 Å². The molecule has 10 heteroatoms. The summed E-state index contributed by atoms with van der Waals surface area (Å²) < 4.78 is 37.7. The Hall–Kier alpha value is -4.05. The highest BCUT2D eigenvalue weighted by Crippen LogP contribution is 2.23. The van der Waals surface area contributed by atoms with Crippen molar-refractivity contribution in [2.24, 2.45) is 5.92 Å². The Morgan fingerprint density at radius 3 is 2.02 bits per heavy atom. The van der Waals surface area contributed by atoms with Crippen molar-refractivity contribution in [3.63, 3.8) is 0 Å². The van der Waals surface area contributed by atoms with Gasteiger partial charge in [-0.1, -0.05) is 56.3 Å². The van der Waals surface area contributed by atoms with Gasteiger partial charge in [0, 0.05) is 13.1 Å².